The number of halogens is 2. The lowest BCUT2D eigenvalue weighted by Crippen LogP contribution is -2.49. The van der Waals surface area contributed by atoms with E-state index in [-0.39, 0.29) is 29.8 Å². The average Bonchev–Trinajstić information content (AvgIpc) is 2.61. The summed E-state index contributed by atoms with van der Waals surface area (Å²) < 4.78 is 33.3. The minimum absolute atomic E-state index is 0.0283. The van der Waals surface area contributed by atoms with Gasteiger partial charge in [-0.2, -0.15) is 0 Å². The Morgan fingerprint density at radius 2 is 1.96 bits per heavy atom. The van der Waals surface area contributed by atoms with Crippen LogP contribution in [0.5, 0.6) is 0 Å². The van der Waals surface area contributed by atoms with Crippen molar-refractivity contribution in [2.75, 3.05) is 20.3 Å². The van der Waals surface area contributed by atoms with Gasteiger partial charge in [0.05, 0.1) is 12.6 Å². The molecule has 0 unspecified atom stereocenters. The number of benzene rings is 1. The molecule has 28 heavy (non-hydrogen) atoms. The predicted molar refractivity (Wildman–Crippen MR) is 110 cm³/mol. The number of urea groups is 1. The Bertz CT molecular complexity index is 651. The van der Waals surface area contributed by atoms with Crippen LogP contribution in [0.4, 0.5) is 13.6 Å². The van der Waals surface area contributed by atoms with Crippen LogP contribution < -0.4 is 5.32 Å². The molecular formula is C20H34F2N2O3Si. The Balaban J connectivity index is 2.75. The van der Waals surface area contributed by atoms with Crippen molar-refractivity contribution in [3.8, 4) is 0 Å². The van der Waals surface area contributed by atoms with Crippen molar-refractivity contribution >= 4 is 14.3 Å². The van der Waals surface area contributed by atoms with Crippen LogP contribution >= 0.6 is 0 Å². The van der Waals surface area contributed by atoms with E-state index in [1.54, 1.807) is 7.05 Å². The first-order valence-corrected chi connectivity index (χ1v) is 12.5. The third-order valence-electron chi connectivity index (χ3n) is 5.47. The summed E-state index contributed by atoms with van der Waals surface area (Å²) in [7, 11) is -0.337. The van der Waals surface area contributed by atoms with Gasteiger partial charge in [-0.3, -0.25) is 0 Å². The number of carbonyl (C=O) groups is 1. The molecule has 0 spiro atoms. The largest absolute Gasteiger partial charge is 0.415 e. The van der Waals surface area contributed by atoms with Gasteiger partial charge in [-0.15, -0.1) is 0 Å². The fraction of sp³-hybridized carbons (Fsp3) is 0.650. The maximum absolute atomic E-state index is 13.8. The minimum atomic E-state index is -1.98. The van der Waals surface area contributed by atoms with E-state index in [1.807, 2.05) is 0 Å². The highest BCUT2D eigenvalue weighted by molar-refractivity contribution is 6.74. The number of rotatable bonds is 9. The van der Waals surface area contributed by atoms with Gasteiger partial charge in [-0.25, -0.2) is 13.6 Å². The van der Waals surface area contributed by atoms with Crippen LogP contribution in [0.15, 0.2) is 18.2 Å². The van der Waals surface area contributed by atoms with Gasteiger partial charge >= 0.3 is 6.03 Å². The molecule has 1 atom stereocenters. The van der Waals surface area contributed by atoms with Crippen LogP contribution in [0.1, 0.15) is 39.2 Å². The van der Waals surface area contributed by atoms with Crippen LogP contribution in [-0.4, -0.2) is 50.7 Å². The van der Waals surface area contributed by atoms with Crippen molar-refractivity contribution in [3.63, 3.8) is 0 Å². The standard InChI is InChI=1S/C20H34F2N2O3Si/c1-20(2,3)28(5,6)27-14-16(10-8-12-25)24(4)19(26)23-13-15-9-7-11-17(21)18(15)22/h7,9,11,16,25H,8,10,12-14H2,1-6H3,(H,23,26)/t16-/m0/s1. The normalized spacial score (nSPS) is 13.3. The van der Waals surface area contributed by atoms with Crippen LogP contribution in [0.3, 0.4) is 0 Å². The van der Waals surface area contributed by atoms with Gasteiger partial charge in [0, 0.05) is 25.8 Å². The average molecular weight is 417 g/mol. The van der Waals surface area contributed by atoms with Crippen molar-refractivity contribution in [2.45, 2.75) is 64.3 Å². The molecule has 1 aromatic rings. The van der Waals surface area contributed by atoms with Crippen molar-refractivity contribution in [2.24, 2.45) is 0 Å². The molecule has 0 bridgehead atoms. The van der Waals surface area contributed by atoms with Crippen LogP contribution in [-0.2, 0) is 11.0 Å². The molecule has 0 saturated heterocycles. The predicted octanol–water partition coefficient (Wildman–Crippen LogP) is 4.27. The highest BCUT2D eigenvalue weighted by atomic mass is 28.4. The van der Waals surface area contributed by atoms with Gasteiger partial charge in [-0.05, 0) is 37.0 Å². The first-order valence-electron chi connectivity index (χ1n) is 9.59. The first kappa shape index (κ1) is 24.5. The molecule has 0 radical (unpaired) electrons. The highest BCUT2D eigenvalue weighted by Gasteiger charge is 2.38. The van der Waals surface area contributed by atoms with Gasteiger partial charge in [0.1, 0.15) is 0 Å². The summed E-state index contributed by atoms with van der Waals surface area (Å²) in [4.78, 5) is 14.0. The number of hydrogen-bond acceptors (Lipinski definition) is 3. The molecule has 2 amide bonds. The molecule has 8 heteroatoms. The van der Waals surface area contributed by atoms with Gasteiger partial charge < -0.3 is 19.7 Å². The Morgan fingerprint density at radius 3 is 2.54 bits per heavy atom. The topological polar surface area (TPSA) is 61.8 Å². The van der Waals surface area contributed by atoms with E-state index in [9.17, 15) is 18.7 Å². The van der Waals surface area contributed by atoms with Gasteiger partial charge in [0.25, 0.3) is 0 Å². The van der Waals surface area contributed by atoms with E-state index in [2.05, 4.69) is 39.2 Å². The number of carbonyl (C=O) groups excluding carboxylic acids is 1. The highest BCUT2D eigenvalue weighted by Crippen LogP contribution is 2.36. The molecular weight excluding hydrogens is 382 g/mol. The molecule has 1 rings (SSSR count). The molecule has 0 aromatic heterocycles. The maximum Gasteiger partial charge on any atom is 0.317 e. The lowest BCUT2D eigenvalue weighted by molar-refractivity contribution is 0.140. The summed E-state index contributed by atoms with van der Waals surface area (Å²) in [5, 5.41) is 11.8. The SMILES string of the molecule is CN(C(=O)NCc1cccc(F)c1F)[C@@H](CCCO)CO[Si](C)(C)C(C)(C)C. The Kier molecular flexibility index (Phi) is 9.04. The number of nitrogens with one attached hydrogen (secondary N) is 1. The van der Waals surface area contributed by atoms with E-state index < -0.39 is 26.0 Å². The third kappa shape index (κ3) is 6.83. The molecule has 160 valence electrons. The summed E-state index contributed by atoms with van der Waals surface area (Å²) in [5.74, 6) is -1.90. The fourth-order valence-corrected chi connectivity index (χ4v) is 3.43. The van der Waals surface area contributed by atoms with Crippen molar-refractivity contribution in [3.05, 3.63) is 35.4 Å². The number of amides is 2. The lowest BCUT2D eigenvalue weighted by Gasteiger charge is -2.38. The molecule has 0 aliphatic heterocycles. The van der Waals surface area contributed by atoms with Crippen molar-refractivity contribution in [1.29, 1.82) is 0 Å². The van der Waals surface area contributed by atoms with Crippen molar-refractivity contribution < 1.29 is 23.1 Å². The quantitative estimate of drug-likeness (QED) is 0.591. The van der Waals surface area contributed by atoms with Gasteiger partial charge in [0.15, 0.2) is 20.0 Å². The van der Waals surface area contributed by atoms with Crippen LogP contribution in [0.2, 0.25) is 18.1 Å². The second-order valence-electron chi connectivity index (χ2n) is 8.57. The third-order valence-corrected chi connectivity index (χ3v) is 9.97. The number of nitrogens with zero attached hydrogens (tertiary/aromatic N) is 1. The molecule has 0 aliphatic rings. The summed E-state index contributed by atoms with van der Waals surface area (Å²) >= 11 is 0. The summed E-state index contributed by atoms with van der Waals surface area (Å²) in [6, 6.07) is 3.25. The Hall–Kier alpha value is -1.51. The zero-order valence-electron chi connectivity index (χ0n) is 17.8. The zero-order chi connectivity index (χ0) is 21.5. The first-order chi connectivity index (χ1) is 12.9. The monoisotopic (exact) mass is 416 g/mol. The molecule has 5 nitrogen and oxygen atoms in total. The number of aliphatic hydroxyl groups is 1. The number of hydrogen-bond donors (Lipinski definition) is 2. The van der Waals surface area contributed by atoms with E-state index in [1.165, 1.54) is 17.0 Å². The van der Waals surface area contributed by atoms with E-state index in [0.717, 1.165) is 6.07 Å². The smallest absolute Gasteiger partial charge is 0.317 e. The van der Waals surface area contributed by atoms with E-state index >= 15 is 0 Å². The molecule has 1 aromatic carbocycles. The van der Waals surface area contributed by atoms with Crippen LogP contribution in [0.25, 0.3) is 0 Å². The number of likely N-dealkylation sites (N-methyl/N-ethyl adjacent to an activating group) is 1. The van der Waals surface area contributed by atoms with Gasteiger partial charge in [0.2, 0.25) is 0 Å². The maximum atomic E-state index is 13.8. The van der Waals surface area contributed by atoms with Crippen molar-refractivity contribution in [1.82, 2.24) is 10.2 Å². The molecule has 0 fully saturated rings. The molecule has 2 N–H and O–H groups in total. The summed E-state index contributed by atoms with van der Waals surface area (Å²) in [6.07, 6.45) is 1.13. The summed E-state index contributed by atoms with van der Waals surface area (Å²) in [6.45, 7) is 11.0. The second kappa shape index (κ2) is 10.3. The second-order valence-corrected chi connectivity index (χ2v) is 13.4. The Labute approximate surface area is 168 Å². The van der Waals surface area contributed by atoms with Crippen LogP contribution in [0, 0.1) is 11.6 Å². The summed E-state index contributed by atoms with van der Waals surface area (Å²) in [5.41, 5.74) is 0.0891. The molecule has 0 saturated carbocycles. The zero-order valence-corrected chi connectivity index (χ0v) is 18.8. The van der Waals surface area contributed by atoms with E-state index in [4.69, 9.17) is 4.43 Å². The fourth-order valence-electron chi connectivity index (χ4n) is 2.38. The van der Waals surface area contributed by atoms with E-state index in [0.29, 0.717) is 19.4 Å². The lowest BCUT2D eigenvalue weighted by atomic mass is 10.1. The Morgan fingerprint density at radius 1 is 1.32 bits per heavy atom. The molecule has 0 heterocycles. The van der Waals surface area contributed by atoms with Gasteiger partial charge in [-0.1, -0.05) is 32.9 Å². The number of aliphatic hydroxyl groups excluding tert-OH is 1. The molecule has 0 aliphatic carbocycles. The minimum Gasteiger partial charge on any atom is -0.415 e.